The predicted octanol–water partition coefficient (Wildman–Crippen LogP) is 4.09. The number of rotatable bonds is 8. The molecule has 2 rings (SSSR count). The van der Waals surface area contributed by atoms with Crippen molar-refractivity contribution in [1.82, 2.24) is 15.6 Å². The van der Waals surface area contributed by atoms with Gasteiger partial charge in [0, 0.05) is 31.9 Å². The minimum atomic E-state index is -4.40. The Kier molecular flexibility index (Phi) is 10.5. The van der Waals surface area contributed by atoms with E-state index in [0.717, 1.165) is 22.3 Å². The number of ether oxygens (including phenoxy) is 2. The Bertz CT molecular complexity index is 800. The molecule has 0 atom stereocenters. The SMILES string of the molecule is CCOc1cc(CNC(=NC)NCCc2nc(C(F)(F)F)cs2)ccc1OC.I. The van der Waals surface area contributed by atoms with Gasteiger partial charge in [0.25, 0.3) is 0 Å². The van der Waals surface area contributed by atoms with Gasteiger partial charge in [-0.1, -0.05) is 6.07 Å². The lowest BCUT2D eigenvalue weighted by atomic mass is 10.2. The van der Waals surface area contributed by atoms with Gasteiger partial charge in [0.15, 0.2) is 23.2 Å². The molecule has 0 spiro atoms. The highest BCUT2D eigenvalue weighted by Crippen LogP contribution is 2.30. The summed E-state index contributed by atoms with van der Waals surface area (Å²) in [5.41, 5.74) is 0.126. The van der Waals surface area contributed by atoms with E-state index in [1.807, 2.05) is 25.1 Å². The van der Waals surface area contributed by atoms with E-state index in [1.165, 1.54) is 0 Å². The molecule has 1 heterocycles. The van der Waals surface area contributed by atoms with Crippen LogP contribution in [-0.2, 0) is 19.1 Å². The van der Waals surface area contributed by atoms with Crippen molar-refractivity contribution >= 4 is 41.3 Å². The van der Waals surface area contributed by atoms with Crippen LogP contribution in [0.25, 0.3) is 0 Å². The Hall–Kier alpha value is -1.76. The Labute approximate surface area is 188 Å². The highest BCUT2D eigenvalue weighted by Gasteiger charge is 2.33. The zero-order chi connectivity index (χ0) is 20.6. The van der Waals surface area contributed by atoms with E-state index < -0.39 is 11.9 Å². The van der Waals surface area contributed by atoms with Crippen molar-refractivity contribution in [3.63, 3.8) is 0 Å². The summed E-state index contributed by atoms with van der Waals surface area (Å²) in [6, 6.07) is 5.63. The van der Waals surface area contributed by atoms with Gasteiger partial charge in [-0.25, -0.2) is 4.98 Å². The lowest BCUT2D eigenvalue weighted by Gasteiger charge is -2.14. The molecule has 0 radical (unpaired) electrons. The summed E-state index contributed by atoms with van der Waals surface area (Å²) in [5, 5.41) is 7.67. The number of hydrogen-bond donors (Lipinski definition) is 2. The maximum absolute atomic E-state index is 12.6. The number of nitrogens with zero attached hydrogens (tertiary/aromatic N) is 2. The van der Waals surface area contributed by atoms with Gasteiger partial charge in [-0.2, -0.15) is 13.2 Å². The van der Waals surface area contributed by atoms with Gasteiger partial charge < -0.3 is 20.1 Å². The van der Waals surface area contributed by atoms with Crippen LogP contribution < -0.4 is 20.1 Å². The highest BCUT2D eigenvalue weighted by molar-refractivity contribution is 14.0. The van der Waals surface area contributed by atoms with Crippen molar-refractivity contribution in [1.29, 1.82) is 0 Å². The number of aliphatic imine (C=N–C) groups is 1. The van der Waals surface area contributed by atoms with Crippen LogP contribution in [0.2, 0.25) is 0 Å². The van der Waals surface area contributed by atoms with E-state index in [4.69, 9.17) is 9.47 Å². The quantitative estimate of drug-likeness (QED) is 0.298. The van der Waals surface area contributed by atoms with Gasteiger partial charge in [-0.15, -0.1) is 35.3 Å². The first-order valence-corrected chi connectivity index (χ1v) is 9.51. The first-order valence-electron chi connectivity index (χ1n) is 8.63. The van der Waals surface area contributed by atoms with Gasteiger partial charge in [0.1, 0.15) is 0 Å². The minimum Gasteiger partial charge on any atom is -0.493 e. The standard InChI is InChI=1S/C18H23F3N4O2S.HI/c1-4-27-14-9-12(5-6-13(14)26-3)10-24-17(22-2)23-8-7-16-25-15(11-28-16)18(19,20)21;/h5-6,9,11H,4,7-8,10H2,1-3H3,(H2,22,23,24);1H. The van der Waals surface area contributed by atoms with Gasteiger partial charge >= 0.3 is 6.18 Å². The first-order chi connectivity index (χ1) is 13.4. The topological polar surface area (TPSA) is 67.8 Å². The number of guanidine groups is 1. The second-order valence-corrected chi connectivity index (χ2v) is 6.59. The van der Waals surface area contributed by atoms with Crippen molar-refractivity contribution < 1.29 is 22.6 Å². The fourth-order valence-electron chi connectivity index (χ4n) is 2.35. The summed E-state index contributed by atoms with van der Waals surface area (Å²) in [5.74, 6) is 1.87. The van der Waals surface area contributed by atoms with Gasteiger partial charge in [0.2, 0.25) is 0 Å². The Morgan fingerprint density at radius 2 is 2.00 bits per heavy atom. The number of halogens is 4. The van der Waals surface area contributed by atoms with E-state index in [1.54, 1.807) is 14.2 Å². The molecule has 0 aliphatic carbocycles. The third-order valence-corrected chi connectivity index (χ3v) is 4.59. The van der Waals surface area contributed by atoms with Crippen LogP contribution in [0.5, 0.6) is 11.5 Å². The largest absolute Gasteiger partial charge is 0.493 e. The first kappa shape index (κ1) is 25.3. The molecule has 0 bridgehead atoms. The van der Waals surface area contributed by atoms with Crippen LogP contribution in [0, 0.1) is 0 Å². The predicted molar refractivity (Wildman–Crippen MR) is 119 cm³/mol. The van der Waals surface area contributed by atoms with Crippen LogP contribution in [-0.4, -0.2) is 38.3 Å². The third-order valence-electron chi connectivity index (χ3n) is 3.68. The molecule has 0 amide bonds. The summed E-state index contributed by atoms with van der Waals surface area (Å²) < 4.78 is 48.5. The van der Waals surface area contributed by atoms with Gasteiger partial charge in [-0.3, -0.25) is 4.99 Å². The molecule has 0 unspecified atom stereocenters. The van der Waals surface area contributed by atoms with E-state index >= 15 is 0 Å². The molecule has 2 N–H and O–H groups in total. The van der Waals surface area contributed by atoms with Gasteiger partial charge in [0.05, 0.1) is 18.7 Å². The molecule has 0 aliphatic heterocycles. The Morgan fingerprint density at radius 1 is 1.24 bits per heavy atom. The number of nitrogens with one attached hydrogen (secondary N) is 2. The fraction of sp³-hybridized carbons (Fsp3) is 0.444. The summed E-state index contributed by atoms with van der Waals surface area (Å²) >= 11 is 0.998. The molecular formula is C18H24F3IN4O2S. The van der Waals surface area contributed by atoms with Crippen LogP contribution in [0.15, 0.2) is 28.6 Å². The summed E-state index contributed by atoms with van der Waals surface area (Å²) in [6.07, 6.45) is -4.03. The molecule has 1 aromatic heterocycles. The van der Waals surface area contributed by atoms with Crippen LogP contribution in [0.3, 0.4) is 0 Å². The fourth-order valence-corrected chi connectivity index (χ4v) is 3.15. The summed E-state index contributed by atoms with van der Waals surface area (Å²) in [6.45, 7) is 3.34. The third kappa shape index (κ3) is 7.88. The molecule has 6 nitrogen and oxygen atoms in total. The number of methoxy groups -OCH3 is 1. The van der Waals surface area contributed by atoms with Crippen molar-refractivity contribution in [2.75, 3.05) is 27.3 Å². The smallest absolute Gasteiger partial charge is 0.434 e. The Balaban J connectivity index is 0.00000420. The van der Waals surface area contributed by atoms with Crippen molar-refractivity contribution in [3.8, 4) is 11.5 Å². The monoisotopic (exact) mass is 544 g/mol. The molecule has 162 valence electrons. The van der Waals surface area contributed by atoms with Crippen LogP contribution >= 0.6 is 35.3 Å². The second kappa shape index (κ2) is 12.1. The van der Waals surface area contributed by atoms with Gasteiger partial charge in [-0.05, 0) is 24.6 Å². The maximum atomic E-state index is 12.6. The average molecular weight is 544 g/mol. The van der Waals surface area contributed by atoms with E-state index in [-0.39, 0.29) is 24.0 Å². The van der Waals surface area contributed by atoms with Crippen LogP contribution in [0.1, 0.15) is 23.2 Å². The number of alkyl halides is 3. The lowest BCUT2D eigenvalue weighted by Crippen LogP contribution is -2.37. The molecule has 1 aromatic carbocycles. The number of benzene rings is 1. The second-order valence-electron chi connectivity index (χ2n) is 5.65. The molecule has 0 saturated heterocycles. The molecule has 29 heavy (non-hydrogen) atoms. The zero-order valence-electron chi connectivity index (χ0n) is 16.3. The maximum Gasteiger partial charge on any atom is 0.434 e. The number of aromatic nitrogens is 1. The molecule has 0 fully saturated rings. The summed E-state index contributed by atoms with van der Waals surface area (Å²) in [4.78, 5) is 7.72. The van der Waals surface area contributed by atoms with Crippen molar-refractivity contribution in [3.05, 3.63) is 39.8 Å². The van der Waals surface area contributed by atoms with E-state index in [2.05, 4.69) is 20.6 Å². The van der Waals surface area contributed by atoms with E-state index in [0.29, 0.717) is 48.6 Å². The highest BCUT2D eigenvalue weighted by atomic mass is 127. The average Bonchev–Trinajstić information content (AvgIpc) is 3.14. The van der Waals surface area contributed by atoms with Crippen LogP contribution in [0.4, 0.5) is 13.2 Å². The minimum absolute atomic E-state index is 0. The molecule has 0 aliphatic rings. The molecule has 0 saturated carbocycles. The zero-order valence-corrected chi connectivity index (χ0v) is 19.4. The van der Waals surface area contributed by atoms with E-state index in [9.17, 15) is 13.2 Å². The molecular weight excluding hydrogens is 520 g/mol. The molecule has 11 heteroatoms. The summed E-state index contributed by atoms with van der Waals surface area (Å²) in [7, 11) is 3.21. The van der Waals surface area contributed by atoms with Crippen molar-refractivity contribution in [2.45, 2.75) is 26.1 Å². The van der Waals surface area contributed by atoms with Crippen molar-refractivity contribution in [2.24, 2.45) is 4.99 Å². The lowest BCUT2D eigenvalue weighted by molar-refractivity contribution is -0.140. The Morgan fingerprint density at radius 3 is 2.59 bits per heavy atom. The normalized spacial score (nSPS) is 11.6. The molecule has 2 aromatic rings. The number of hydrogen-bond acceptors (Lipinski definition) is 5. The number of thiazole rings is 1.